The number of aryl methyl sites for hydroxylation is 14. The fourth-order valence-corrected chi connectivity index (χ4v) is 16.7. The molecule has 0 amide bonds. The van der Waals surface area contributed by atoms with Gasteiger partial charge in [-0.1, -0.05) is 114 Å². The summed E-state index contributed by atoms with van der Waals surface area (Å²) >= 11 is 7.62. The molecular weight excluding hydrogens is 1410 g/mol. The van der Waals surface area contributed by atoms with Crippen molar-refractivity contribution in [3.05, 3.63) is 166 Å². The molecule has 548 valence electrons. The van der Waals surface area contributed by atoms with Crippen molar-refractivity contribution >= 4 is 137 Å². The zero-order chi connectivity index (χ0) is 75.1. The molecular formula is C82H100N12O4S6. The molecule has 0 aliphatic carbocycles. The Bertz CT molecular complexity index is 4830. The van der Waals surface area contributed by atoms with Crippen molar-refractivity contribution < 1.29 is 19.3 Å². The highest BCUT2D eigenvalue weighted by Crippen LogP contribution is 2.44. The van der Waals surface area contributed by atoms with Crippen molar-refractivity contribution in [1.29, 1.82) is 0 Å². The lowest BCUT2D eigenvalue weighted by molar-refractivity contribution is 0.260. The molecule has 0 fully saturated rings. The summed E-state index contributed by atoms with van der Waals surface area (Å²) in [6, 6.07) is 22.5. The Hall–Kier alpha value is -7.96. The molecule has 0 radical (unpaired) electrons. The van der Waals surface area contributed by atoms with E-state index in [1.807, 2.05) is 27.7 Å². The second-order valence-corrected chi connectivity index (χ2v) is 30.0. The van der Waals surface area contributed by atoms with Crippen LogP contribution in [-0.4, -0.2) is 77.9 Å². The maximum Gasteiger partial charge on any atom is 0.166 e. The normalized spacial score (nSPS) is 11.1. The molecule has 6 heterocycles. The Morgan fingerprint density at radius 3 is 0.827 bits per heavy atom. The molecule has 1 N–H and O–H groups in total. The van der Waals surface area contributed by atoms with Crippen molar-refractivity contribution in [2.75, 3.05) is 20.3 Å². The maximum atomic E-state index is 9.33. The second-order valence-electron chi connectivity index (χ2n) is 26.8. The number of nitrogens with zero attached hydrogens (tertiary/aromatic N) is 12. The van der Waals surface area contributed by atoms with Gasteiger partial charge in [0, 0.05) is 22.3 Å². The molecule has 0 atom stereocenters. The van der Waals surface area contributed by atoms with E-state index in [1.54, 1.807) is 7.11 Å². The Morgan fingerprint density at radius 2 is 0.548 bits per heavy atom. The van der Waals surface area contributed by atoms with Gasteiger partial charge in [-0.2, -0.15) is 52.5 Å². The Morgan fingerprint density at radius 1 is 0.288 bits per heavy atom. The summed E-state index contributed by atoms with van der Waals surface area (Å²) in [5, 5.41) is 9.33. The number of aliphatic hydroxyl groups is 1. The van der Waals surface area contributed by atoms with E-state index in [-0.39, 0.29) is 6.61 Å². The Balaban J connectivity index is 0.000000151. The van der Waals surface area contributed by atoms with Crippen LogP contribution in [0.4, 0.5) is 0 Å². The monoisotopic (exact) mass is 1510 g/mol. The van der Waals surface area contributed by atoms with E-state index in [2.05, 4.69) is 224 Å². The van der Waals surface area contributed by atoms with Crippen molar-refractivity contribution in [3.8, 4) is 39.5 Å². The van der Waals surface area contributed by atoms with Crippen LogP contribution < -0.4 is 14.2 Å². The van der Waals surface area contributed by atoms with Gasteiger partial charge >= 0.3 is 0 Å². The number of methoxy groups -OCH3 is 1. The molecule has 14 aromatic rings. The van der Waals surface area contributed by atoms with Crippen LogP contribution in [0.3, 0.4) is 0 Å². The Labute approximate surface area is 639 Å². The van der Waals surface area contributed by atoms with E-state index in [0.717, 1.165) is 150 Å². The van der Waals surface area contributed by atoms with Gasteiger partial charge in [-0.25, -0.2) is 0 Å². The highest BCUT2D eigenvalue weighted by molar-refractivity contribution is 7.01. The largest absolute Gasteiger partial charge is 0.496 e. The first kappa shape index (κ1) is 80.1. The van der Waals surface area contributed by atoms with Crippen LogP contribution in [0.15, 0.2) is 60.7 Å². The van der Waals surface area contributed by atoms with E-state index >= 15 is 0 Å². The molecule has 14 rings (SSSR count). The minimum Gasteiger partial charge on any atom is -0.496 e. The summed E-state index contributed by atoms with van der Waals surface area (Å²) in [5.74, 6) is 2.41. The van der Waals surface area contributed by atoms with Gasteiger partial charge in [-0.15, -0.1) is 0 Å². The van der Waals surface area contributed by atoms with Crippen LogP contribution in [0.1, 0.15) is 185 Å². The van der Waals surface area contributed by atoms with Gasteiger partial charge in [-0.3, -0.25) is 0 Å². The number of hydrogen-bond acceptors (Lipinski definition) is 22. The molecule has 0 aliphatic heterocycles. The number of hydrogen-bond donors (Lipinski definition) is 1. The third-order valence-electron chi connectivity index (χ3n) is 20.1. The van der Waals surface area contributed by atoms with Crippen molar-refractivity contribution in [3.63, 3.8) is 0 Å². The average molecular weight is 1510 g/mol. The number of aromatic nitrogens is 12. The minimum absolute atomic E-state index is 0.0384. The van der Waals surface area contributed by atoms with Gasteiger partial charge in [0.1, 0.15) is 71.9 Å². The van der Waals surface area contributed by atoms with E-state index in [4.69, 9.17) is 14.2 Å². The summed E-state index contributed by atoms with van der Waals surface area (Å²) in [6.45, 7) is 43.7. The van der Waals surface area contributed by atoms with Crippen LogP contribution >= 0.6 is 70.4 Å². The lowest BCUT2D eigenvalue weighted by Crippen LogP contribution is -2.06. The molecule has 0 unspecified atom stereocenters. The fraction of sp³-hybridized carbons (Fsp3) is 0.415. The molecule has 104 heavy (non-hydrogen) atoms. The molecule has 16 nitrogen and oxygen atoms in total. The van der Waals surface area contributed by atoms with Crippen LogP contribution in [-0.2, 0) is 19.4 Å². The van der Waals surface area contributed by atoms with Crippen molar-refractivity contribution in [2.45, 2.75) is 209 Å². The second kappa shape index (κ2) is 37.3. The van der Waals surface area contributed by atoms with Crippen LogP contribution in [0, 0.1) is 111 Å². The Kier molecular flexibility index (Phi) is 28.8. The standard InChI is InChI=1S/C28H32N2S.C16H24N2O2S.C10H12N2O2S.2C10H12N2S.C8H8N2S/c1-5-7-9-21-11-15-23(16-12-21)25-19(3)27-28(30-31-29-27)20(4)26(25)24-17-13-22(14-18-24)10-8-6-2;1-5-7-9-19-15-11(3)13-14(18-21-17-13)12(4)16(15)20-10-8-6-2;1-5-7(4-13)10(14-3)6(2)9-8(5)11-15-12-9;2*1-5-6(2)8(4)10-9(7(5)3)11-13-12-10;1-5-3-4-6(2)8-7(5)9-11-10-8/h11-18H,5-10H2,1-4H3;5-10H2,1-4H3;13H,4H2,1-3H3;2*1-4H3;3-4H,1-2H3. The maximum absolute atomic E-state index is 9.33. The average Bonchev–Trinajstić information content (AvgIpc) is 1.23. The lowest BCUT2D eigenvalue weighted by Gasteiger charge is -2.18. The van der Waals surface area contributed by atoms with Crippen LogP contribution in [0.2, 0.25) is 0 Å². The highest BCUT2D eigenvalue weighted by Gasteiger charge is 2.24. The van der Waals surface area contributed by atoms with Gasteiger partial charge in [0.15, 0.2) is 11.5 Å². The quantitative estimate of drug-likeness (QED) is 0.0794. The van der Waals surface area contributed by atoms with Gasteiger partial charge in [0.25, 0.3) is 0 Å². The first-order valence-electron chi connectivity index (χ1n) is 36.0. The minimum atomic E-state index is -0.0384. The van der Waals surface area contributed by atoms with E-state index in [1.165, 1.54) is 196 Å². The lowest BCUT2D eigenvalue weighted by atomic mass is 9.86. The molecule has 0 bridgehead atoms. The number of benzene rings is 8. The summed E-state index contributed by atoms with van der Waals surface area (Å²) in [5.41, 5.74) is 40.1. The van der Waals surface area contributed by atoms with Crippen molar-refractivity contribution in [2.24, 2.45) is 0 Å². The SMILES string of the molecule is CCCCOc1c(OCCCC)c(C)c2nsnc2c1C.CCCCc1ccc(-c2c(-c3ccc(CCCC)cc3)c(C)c3nsnc3c2C)cc1.COc1c(CO)c(C)c2nsnc2c1C.Cc1c(C)c(C)c2nsnc2c1C.Cc1c(C)c(C)c2nsnc2c1C.Cc1ccc(C)c2nsnc12. The van der Waals surface area contributed by atoms with Crippen LogP contribution in [0.5, 0.6) is 17.2 Å². The summed E-state index contributed by atoms with van der Waals surface area (Å²) < 4.78 is 69.5. The number of rotatable bonds is 18. The zero-order valence-electron chi connectivity index (χ0n) is 64.5. The smallest absolute Gasteiger partial charge is 0.166 e. The third kappa shape index (κ3) is 17.6. The van der Waals surface area contributed by atoms with Gasteiger partial charge in [-0.05, 0) is 255 Å². The van der Waals surface area contributed by atoms with E-state index in [0.29, 0.717) is 13.2 Å². The van der Waals surface area contributed by atoms with Gasteiger partial charge < -0.3 is 19.3 Å². The fourth-order valence-electron chi connectivity index (χ4n) is 12.8. The molecule has 0 saturated carbocycles. The number of fused-ring (bicyclic) bond motifs is 6. The molecule has 0 spiro atoms. The predicted octanol–water partition coefficient (Wildman–Crippen LogP) is 23.0. The number of ether oxygens (including phenoxy) is 3. The molecule has 0 aliphatic rings. The molecule has 22 heteroatoms. The summed E-state index contributed by atoms with van der Waals surface area (Å²) in [6.07, 6.45) is 11.5. The summed E-state index contributed by atoms with van der Waals surface area (Å²) in [4.78, 5) is 0. The number of aliphatic hydroxyl groups excluding tert-OH is 1. The molecule has 6 aromatic heterocycles. The zero-order valence-corrected chi connectivity index (χ0v) is 69.4. The summed E-state index contributed by atoms with van der Waals surface area (Å²) in [7, 11) is 1.60. The molecule has 8 aromatic carbocycles. The van der Waals surface area contributed by atoms with Gasteiger partial charge in [0.05, 0.1) is 97.3 Å². The predicted molar refractivity (Wildman–Crippen MR) is 442 cm³/mol. The van der Waals surface area contributed by atoms with E-state index < -0.39 is 0 Å². The first-order valence-corrected chi connectivity index (χ1v) is 40.4. The highest BCUT2D eigenvalue weighted by atomic mass is 32.1. The van der Waals surface area contributed by atoms with Crippen LogP contribution in [0.25, 0.3) is 88.5 Å². The first-order chi connectivity index (χ1) is 50.1. The molecule has 0 saturated heterocycles. The van der Waals surface area contributed by atoms with Gasteiger partial charge in [0.2, 0.25) is 0 Å². The topological polar surface area (TPSA) is 203 Å². The third-order valence-corrected chi connectivity index (χ3v) is 23.3. The van der Waals surface area contributed by atoms with Crippen molar-refractivity contribution in [1.82, 2.24) is 52.5 Å². The number of unbranched alkanes of at least 4 members (excludes halogenated alkanes) is 4. The van der Waals surface area contributed by atoms with E-state index in [9.17, 15) is 5.11 Å².